The number of aromatic nitrogens is 4. The van der Waals surface area contributed by atoms with Crippen molar-refractivity contribution in [2.24, 2.45) is 5.84 Å². The van der Waals surface area contributed by atoms with E-state index in [1.807, 2.05) is 13.8 Å². The number of rotatable bonds is 4. The lowest BCUT2D eigenvalue weighted by Gasteiger charge is -2.14. The number of carbonyl (C=O) groups excluding carboxylic acids is 1. The van der Waals surface area contributed by atoms with Crippen molar-refractivity contribution in [3.05, 3.63) is 29.8 Å². The SMILES string of the molecule is CNC(=O)c1ccn(-c2ncnc(NN)c2C(C)C)n1. The minimum Gasteiger partial charge on any atom is -0.354 e. The summed E-state index contributed by atoms with van der Waals surface area (Å²) in [7, 11) is 1.56. The van der Waals surface area contributed by atoms with E-state index in [-0.39, 0.29) is 11.8 Å². The fourth-order valence-corrected chi connectivity index (χ4v) is 1.91. The number of nitrogen functional groups attached to an aromatic ring is 1. The molecule has 2 aromatic rings. The van der Waals surface area contributed by atoms with Crippen LogP contribution in [-0.4, -0.2) is 32.7 Å². The van der Waals surface area contributed by atoms with E-state index in [9.17, 15) is 4.79 Å². The van der Waals surface area contributed by atoms with Crippen LogP contribution in [0.25, 0.3) is 5.82 Å². The van der Waals surface area contributed by atoms with Crippen LogP contribution >= 0.6 is 0 Å². The quantitative estimate of drug-likeness (QED) is 0.551. The topological polar surface area (TPSA) is 111 Å². The second kappa shape index (κ2) is 5.66. The smallest absolute Gasteiger partial charge is 0.271 e. The molecule has 0 aromatic carbocycles. The van der Waals surface area contributed by atoms with Gasteiger partial charge in [-0.1, -0.05) is 13.8 Å². The zero-order valence-corrected chi connectivity index (χ0v) is 11.6. The van der Waals surface area contributed by atoms with E-state index in [4.69, 9.17) is 5.84 Å². The highest BCUT2D eigenvalue weighted by Crippen LogP contribution is 2.26. The maximum Gasteiger partial charge on any atom is 0.271 e. The lowest BCUT2D eigenvalue weighted by molar-refractivity contribution is 0.0957. The monoisotopic (exact) mass is 275 g/mol. The molecule has 0 fully saturated rings. The van der Waals surface area contributed by atoms with Crippen LogP contribution in [0.3, 0.4) is 0 Å². The van der Waals surface area contributed by atoms with Gasteiger partial charge in [-0.05, 0) is 12.0 Å². The Bertz CT molecular complexity index is 620. The molecule has 0 aliphatic heterocycles. The molecule has 0 radical (unpaired) electrons. The van der Waals surface area contributed by atoms with Crippen molar-refractivity contribution in [2.75, 3.05) is 12.5 Å². The molecule has 0 saturated carbocycles. The Hall–Kier alpha value is -2.48. The maximum absolute atomic E-state index is 11.5. The van der Waals surface area contributed by atoms with Gasteiger partial charge in [-0.3, -0.25) is 4.79 Å². The average molecular weight is 275 g/mol. The molecule has 8 nitrogen and oxygen atoms in total. The summed E-state index contributed by atoms with van der Waals surface area (Å²) in [5.41, 5.74) is 3.71. The van der Waals surface area contributed by atoms with Gasteiger partial charge in [0, 0.05) is 18.8 Å². The van der Waals surface area contributed by atoms with Crippen LogP contribution in [-0.2, 0) is 0 Å². The number of amides is 1. The second-order valence-electron chi connectivity index (χ2n) is 4.48. The highest BCUT2D eigenvalue weighted by Gasteiger charge is 2.17. The highest BCUT2D eigenvalue weighted by molar-refractivity contribution is 5.91. The Kier molecular flexibility index (Phi) is 3.94. The number of carbonyl (C=O) groups is 1. The van der Waals surface area contributed by atoms with Crippen LogP contribution in [0.15, 0.2) is 18.6 Å². The Labute approximate surface area is 116 Å². The third-order valence-corrected chi connectivity index (χ3v) is 2.84. The summed E-state index contributed by atoms with van der Waals surface area (Å²) in [5.74, 6) is 6.51. The van der Waals surface area contributed by atoms with Gasteiger partial charge in [0.2, 0.25) is 0 Å². The number of anilines is 1. The normalized spacial score (nSPS) is 10.7. The molecule has 0 spiro atoms. The standard InChI is InChI=1S/C12H17N7O/c1-7(2)9-10(17-13)15-6-16-11(9)19-5-4-8(18-19)12(20)14-3/h4-7H,13H2,1-3H3,(H,14,20)(H,15,16,17). The van der Waals surface area contributed by atoms with E-state index < -0.39 is 0 Å². The molecule has 0 unspecified atom stereocenters. The minimum atomic E-state index is -0.249. The summed E-state index contributed by atoms with van der Waals surface area (Å²) in [6, 6.07) is 1.63. The van der Waals surface area contributed by atoms with Crippen molar-refractivity contribution in [1.82, 2.24) is 25.1 Å². The Morgan fingerprint density at radius 1 is 1.40 bits per heavy atom. The van der Waals surface area contributed by atoms with E-state index in [0.717, 1.165) is 5.56 Å². The van der Waals surface area contributed by atoms with Crippen molar-refractivity contribution in [3.8, 4) is 5.82 Å². The molecular weight excluding hydrogens is 258 g/mol. The molecule has 2 rings (SSSR count). The summed E-state index contributed by atoms with van der Waals surface area (Å²) in [6.07, 6.45) is 3.08. The number of hydrogen-bond donors (Lipinski definition) is 3. The third kappa shape index (κ3) is 2.45. The van der Waals surface area contributed by atoms with Crippen molar-refractivity contribution >= 4 is 11.7 Å². The first-order chi connectivity index (χ1) is 9.58. The average Bonchev–Trinajstić information content (AvgIpc) is 2.95. The predicted octanol–water partition coefficient (Wildman–Crippen LogP) is 0.431. The van der Waals surface area contributed by atoms with Gasteiger partial charge in [-0.15, -0.1) is 0 Å². The molecule has 106 valence electrons. The summed E-state index contributed by atoms with van der Waals surface area (Å²) in [5, 5.41) is 6.74. The minimum absolute atomic E-state index is 0.143. The van der Waals surface area contributed by atoms with Crippen molar-refractivity contribution in [2.45, 2.75) is 19.8 Å². The van der Waals surface area contributed by atoms with Crippen molar-refractivity contribution < 1.29 is 4.79 Å². The highest BCUT2D eigenvalue weighted by atomic mass is 16.1. The van der Waals surface area contributed by atoms with Gasteiger partial charge < -0.3 is 10.7 Å². The molecular formula is C12H17N7O. The molecule has 0 aliphatic rings. The number of nitrogens with zero attached hydrogens (tertiary/aromatic N) is 4. The number of nitrogens with one attached hydrogen (secondary N) is 2. The Morgan fingerprint density at radius 2 is 2.15 bits per heavy atom. The van der Waals surface area contributed by atoms with Gasteiger partial charge in [0.15, 0.2) is 11.5 Å². The van der Waals surface area contributed by atoms with Crippen LogP contribution in [0.1, 0.15) is 35.8 Å². The van der Waals surface area contributed by atoms with Gasteiger partial charge >= 0.3 is 0 Å². The Balaban J connectivity index is 2.52. The van der Waals surface area contributed by atoms with Crippen LogP contribution < -0.4 is 16.6 Å². The van der Waals surface area contributed by atoms with Crippen LogP contribution in [0.4, 0.5) is 5.82 Å². The largest absolute Gasteiger partial charge is 0.354 e. The van der Waals surface area contributed by atoms with Crippen LogP contribution in [0.2, 0.25) is 0 Å². The molecule has 8 heteroatoms. The molecule has 0 saturated heterocycles. The molecule has 0 atom stereocenters. The third-order valence-electron chi connectivity index (χ3n) is 2.84. The molecule has 20 heavy (non-hydrogen) atoms. The summed E-state index contributed by atoms with van der Waals surface area (Å²) < 4.78 is 1.54. The first kappa shape index (κ1) is 13.9. The lowest BCUT2D eigenvalue weighted by Crippen LogP contribution is -2.19. The van der Waals surface area contributed by atoms with Crippen LogP contribution in [0.5, 0.6) is 0 Å². The number of hydrazine groups is 1. The molecule has 0 bridgehead atoms. The first-order valence-corrected chi connectivity index (χ1v) is 6.18. The van der Waals surface area contributed by atoms with Gasteiger partial charge in [0.05, 0.1) is 0 Å². The molecule has 2 aromatic heterocycles. The summed E-state index contributed by atoms with van der Waals surface area (Å²) in [6.45, 7) is 4.01. The zero-order valence-electron chi connectivity index (χ0n) is 11.6. The fourth-order valence-electron chi connectivity index (χ4n) is 1.91. The molecule has 1 amide bonds. The van der Waals surface area contributed by atoms with E-state index >= 15 is 0 Å². The van der Waals surface area contributed by atoms with Crippen molar-refractivity contribution in [1.29, 1.82) is 0 Å². The van der Waals surface area contributed by atoms with E-state index in [1.54, 1.807) is 24.0 Å². The number of nitrogens with two attached hydrogens (primary N) is 1. The van der Waals surface area contributed by atoms with Gasteiger partial charge in [-0.25, -0.2) is 20.5 Å². The molecule has 2 heterocycles. The second-order valence-corrected chi connectivity index (χ2v) is 4.48. The predicted molar refractivity (Wildman–Crippen MR) is 74.4 cm³/mol. The Morgan fingerprint density at radius 3 is 2.75 bits per heavy atom. The molecule has 4 N–H and O–H groups in total. The van der Waals surface area contributed by atoms with Crippen LogP contribution in [0, 0.1) is 0 Å². The maximum atomic E-state index is 11.5. The van der Waals surface area contributed by atoms with E-state index in [2.05, 4.69) is 25.8 Å². The zero-order chi connectivity index (χ0) is 14.7. The fraction of sp³-hybridized carbons (Fsp3) is 0.333. The summed E-state index contributed by atoms with van der Waals surface area (Å²) >= 11 is 0. The van der Waals surface area contributed by atoms with E-state index in [1.165, 1.54) is 6.33 Å². The summed E-state index contributed by atoms with van der Waals surface area (Å²) in [4.78, 5) is 19.9. The van der Waals surface area contributed by atoms with Gasteiger partial charge in [-0.2, -0.15) is 5.10 Å². The van der Waals surface area contributed by atoms with Crippen molar-refractivity contribution in [3.63, 3.8) is 0 Å². The lowest BCUT2D eigenvalue weighted by atomic mass is 10.0. The number of hydrogen-bond acceptors (Lipinski definition) is 6. The molecule has 0 aliphatic carbocycles. The first-order valence-electron chi connectivity index (χ1n) is 6.18. The van der Waals surface area contributed by atoms with E-state index in [0.29, 0.717) is 17.3 Å². The van der Waals surface area contributed by atoms with Gasteiger partial charge in [0.25, 0.3) is 5.91 Å². The van der Waals surface area contributed by atoms with Gasteiger partial charge in [0.1, 0.15) is 12.1 Å².